The molecule has 0 aromatic heterocycles. The predicted molar refractivity (Wildman–Crippen MR) is 89.9 cm³/mol. The van der Waals surface area contributed by atoms with Gasteiger partial charge in [0.15, 0.2) is 0 Å². The summed E-state index contributed by atoms with van der Waals surface area (Å²) in [5, 5.41) is 14.8. The fourth-order valence-electron chi connectivity index (χ4n) is 2.52. The molecule has 0 aliphatic heterocycles. The molecule has 0 spiro atoms. The number of aliphatic hydroxyl groups is 1. The van der Waals surface area contributed by atoms with Gasteiger partial charge in [-0.25, -0.2) is 0 Å². The second-order valence-electron chi connectivity index (χ2n) is 5.86. The van der Waals surface area contributed by atoms with Crippen LogP contribution in [0.2, 0.25) is 0 Å². The first-order valence-corrected chi connectivity index (χ1v) is 8.07. The number of aliphatic hydroxyl groups excluding tert-OH is 1. The lowest BCUT2D eigenvalue weighted by Gasteiger charge is -2.14. The van der Waals surface area contributed by atoms with Gasteiger partial charge in [-0.15, -0.1) is 0 Å². The molecule has 2 amide bonds. The second-order valence-corrected chi connectivity index (χ2v) is 5.86. The van der Waals surface area contributed by atoms with E-state index in [4.69, 9.17) is 5.11 Å². The minimum Gasteiger partial charge on any atom is -0.394 e. The van der Waals surface area contributed by atoms with Gasteiger partial charge < -0.3 is 15.7 Å². The Hall–Kier alpha value is -2.14. The molecule has 1 aromatic carbocycles. The molecule has 0 unspecified atom stereocenters. The normalized spacial score (nSPS) is 15.4. The maximum absolute atomic E-state index is 12.0. The SMILES string of the molecule is CC[C@@H](CO)NC(=O)Cc1ccc(NC(=O)C2CC=CC2)cc1. The Bertz CT molecular complexity index is 554. The lowest BCUT2D eigenvalue weighted by atomic mass is 10.1. The zero-order valence-electron chi connectivity index (χ0n) is 13.4. The quantitative estimate of drug-likeness (QED) is 0.673. The van der Waals surface area contributed by atoms with Crippen LogP contribution in [-0.2, 0) is 16.0 Å². The van der Waals surface area contributed by atoms with Crippen LogP contribution in [-0.4, -0.2) is 29.6 Å². The molecule has 5 nitrogen and oxygen atoms in total. The number of carbonyl (C=O) groups excluding carboxylic acids is 2. The molecule has 0 bridgehead atoms. The number of rotatable bonds is 7. The fraction of sp³-hybridized carbons (Fsp3) is 0.444. The standard InChI is InChI=1S/C18H24N2O3/c1-2-15(12-21)19-17(22)11-13-7-9-16(10-8-13)20-18(23)14-5-3-4-6-14/h3-4,7-10,14-15,21H,2,5-6,11-12H2,1H3,(H,19,22)(H,20,23)/t15-/m0/s1. The highest BCUT2D eigenvalue weighted by Crippen LogP contribution is 2.20. The van der Waals surface area contributed by atoms with Crippen molar-refractivity contribution in [2.75, 3.05) is 11.9 Å². The lowest BCUT2D eigenvalue weighted by Crippen LogP contribution is -2.37. The third-order valence-electron chi connectivity index (χ3n) is 4.04. The number of hydrogen-bond acceptors (Lipinski definition) is 3. The Balaban J connectivity index is 1.84. The molecule has 0 radical (unpaired) electrons. The Morgan fingerprint density at radius 2 is 1.87 bits per heavy atom. The van der Waals surface area contributed by atoms with E-state index in [1.54, 1.807) is 0 Å². The summed E-state index contributed by atoms with van der Waals surface area (Å²) in [4.78, 5) is 23.9. The average molecular weight is 316 g/mol. The molecule has 5 heteroatoms. The van der Waals surface area contributed by atoms with E-state index in [-0.39, 0.29) is 36.8 Å². The highest BCUT2D eigenvalue weighted by molar-refractivity contribution is 5.93. The van der Waals surface area contributed by atoms with Crippen molar-refractivity contribution < 1.29 is 14.7 Å². The van der Waals surface area contributed by atoms with Gasteiger partial charge in [-0.1, -0.05) is 31.2 Å². The van der Waals surface area contributed by atoms with Crippen LogP contribution in [0.4, 0.5) is 5.69 Å². The molecule has 0 saturated heterocycles. The van der Waals surface area contributed by atoms with Crippen molar-refractivity contribution in [2.45, 2.75) is 38.6 Å². The summed E-state index contributed by atoms with van der Waals surface area (Å²) in [5.74, 6) is -0.0427. The fourth-order valence-corrected chi connectivity index (χ4v) is 2.52. The Kier molecular flexibility index (Phi) is 6.35. The van der Waals surface area contributed by atoms with Crippen LogP contribution in [0.25, 0.3) is 0 Å². The largest absolute Gasteiger partial charge is 0.394 e. The van der Waals surface area contributed by atoms with Gasteiger partial charge >= 0.3 is 0 Å². The summed E-state index contributed by atoms with van der Waals surface area (Å²) in [6, 6.07) is 7.10. The average Bonchev–Trinajstić information content (AvgIpc) is 3.09. The summed E-state index contributed by atoms with van der Waals surface area (Å²) in [7, 11) is 0. The molecule has 3 N–H and O–H groups in total. The number of nitrogens with one attached hydrogen (secondary N) is 2. The number of benzene rings is 1. The van der Waals surface area contributed by atoms with E-state index in [1.165, 1.54) is 0 Å². The van der Waals surface area contributed by atoms with Crippen molar-refractivity contribution in [3.05, 3.63) is 42.0 Å². The molecule has 1 aliphatic rings. The third kappa shape index (κ3) is 5.21. The number of anilines is 1. The van der Waals surface area contributed by atoms with Crippen molar-refractivity contribution >= 4 is 17.5 Å². The second kappa shape index (κ2) is 8.48. The van der Waals surface area contributed by atoms with Gasteiger partial charge in [0.1, 0.15) is 0 Å². The number of hydrogen-bond donors (Lipinski definition) is 3. The van der Waals surface area contributed by atoms with Crippen LogP contribution >= 0.6 is 0 Å². The Morgan fingerprint density at radius 1 is 1.22 bits per heavy atom. The zero-order valence-corrected chi connectivity index (χ0v) is 13.4. The van der Waals surface area contributed by atoms with Gasteiger partial charge in [0.2, 0.25) is 11.8 Å². The van der Waals surface area contributed by atoms with E-state index >= 15 is 0 Å². The van der Waals surface area contributed by atoms with E-state index in [0.717, 1.165) is 24.1 Å². The molecule has 2 rings (SSSR count). The summed E-state index contributed by atoms with van der Waals surface area (Å²) in [5.41, 5.74) is 1.61. The van der Waals surface area contributed by atoms with Crippen LogP contribution in [0.3, 0.4) is 0 Å². The van der Waals surface area contributed by atoms with Crippen LogP contribution in [0, 0.1) is 5.92 Å². The lowest BCUT2D eigenvalue weighted by molar-refractivity contribution is -0.121. The van der Waals surface area contributed by atoms with Crippen molar-refractivity contribution in [3.63, 3.8) is 0 Å². The monoisotopic (exact) mass is 316 g/mol. The van der Waals surface area contributed by atoms with E-state index in [9.17, 15) is 9.59 Å². The highest BCUT2D eigenvalue weighted by atomic mass is 16.3. The first kappa shape index (κ1) is 17.2. The summed E-state index contributed by atoms with van der Waals surface area (Å²) in [6.45, 7) is 1.86. The Morgan fingerprint density at radius 3 is 2.43 bits per heavy atom. The van der Waals surface area contributed by atoms with Crippen molar-refractivity contribution in [1.82, 2.24) is 5.32 Å². The third-order valence-corrected chi connectivity index (χ3v) is 4.04. The van der Waals surface area contributed by atoms with Crippen molar-refractivity contribution in [1.29, 1.82) is 0 Å². The molecule has 1 aliphatic carbocycles. The van der Waals surface area contributed by atoms with Crippen molar-refractivity contribution in [2.24, 2.45) is 5.92 Å². The van der Waals surface area contributed by atoms with E-state index in [0.29, 0.717) is 6.42 Å². The van der Waals surface area contributed by atoms with Crippen LogP contribution in [0.5, 0.6) is 0 Å². The molecule has 1 aromatic rings. The van der Waals surface area contributed by atoms with Gasteiger partial charge in [-0.3, -0.25) is 9.59 Å². The number of amides is 2. The Labute approximate surface area is 136 Å². The van der Waals surface area contributed by atoms with Crippen molar-refractivity contribution in [3.8, 4) is 0 Å². The minimum atomic E-state index is -0.193. The van der Waals surface area contributed by atoms with Gasteiger partial charge in [0, 0.05) is 11.6 Å². The van der Waals surface area contributed by atoms with Gasteiger partial charge in [0.05, 0.1) is 19.1 Å². The maximum atomic E-state index is 12.0. The summed E-state index contributed by atoms with van der Waals surface area (Å²) in [6.07, 6.45) is 6.62. The highest BCUT2D eigenvalue weighted by Gasteiger charge is 2.19. The predicted octanol–water partition coefficient (Wildman–Crippen LogP) is 2.02. The van der Waals surface area contributed by atoms with Gasteiger partial charge in [0.25, 0.3) is 0 Å². The molecule has 23 heavy (non-hydrogen) atoms. The molecule has 1 atom stereocenters. The first-order valence-electron chi connectivity index (χ1n) is 8.07. The number of allylic oxidation sites excluding steroid dienone is 2. The zero-order chi connectivity index (χ0) is 16.7. The summed E-state index contributed by atoms with van der Waals surface area (Å²) < 4.78 is 0. The molecular formula is C18H24N2O3. The van der Waals surface area contributed by atoms with Gasteiger partial charge in [-0.05, 0) is 37.0 Å². The maximum Gasteiger partial charge on any atom is 0.228 e. The van der Waals surface area contributed by atoms with E-state index in [2.05, 4.69) is 10.6 Å². The number of carbonyl (C=O) groups is 2. The van der Waals surface area contributed by atoms with Crippen LogP contribution in [0.1, 0.15) is 31.7 Å². The van der Waals surface area contributed by atoms with Crippen LogP contribution in [0.15, 0.2) is 36.4 Å². The van der Waals surface area contributed by atoms with Crippen LogP contribution < -0.4 is 10.6 Å². The minimum absolute atomic E-state index is 0.0323. The van der Waals surface area contributed by atoms with E-state index < -0.39 is 0 Å². The van der Waals surface area contributed by atoms with E-state index in [1.807, 2.05) is 43.3 Å². The molecule has 0 saturated carbocycles. The molecule has 0 fully saturated rings. The summed E-state index contributed by atoms with van der Waals surface area (Å²) >= 11 is 0. The topological polar surface area (TPSA) is 78.4 Å². The molecule has 0 heterocycles. The smallest absolute Gasteiger partial charge is 0.228 e. The first-order chi connectivity index (χ1) is 11.1. The van der Waals surface area contributed by atoms with Gasteiger partial charge in [-0.2, -0.15) is 0 Å². The molecule has 124 valence electrons. The molecular weight excluding hydrogens is 292 g/mol.